The lowest BCUT2D eigenvalue weighted by atomic mass is 10.0. The summed E-state index contributed by atoms with van der Waals surface area (Å²) in [5, 5.41) is 4.49. The SMILES string of the molecule is CNC(c1ccc2nc(C)ccc2c1)c1nccn1C. The molecule has 2 aromatic heterocycles. The van der Waals surface area contributed by atoms with Crippen molar-refractivity contribution in [1.29, 1.82) is 0 Å². The van der Waals surface area contributed by atoms with E-state index in [-0.39, 0.29) is 6.04 Å². The molecule has 4 heteroatoms. The van der Waals surface area contributed by atoms with Crippen LogP contribution in [-0.4, -0.2) is 21.6 Å². The Bertz CT molecular complexity index is 745. The molecule has 0 radical (unpaired) electrons. The largest absolute Gasteiger partial charge is 0.336 e. The third-order valence-electron chi connectivity index (χ3n) is 3.59. The highest BCUT2D eigenvalue weighted by Crippen LogP contribution is 2.23. The molecule has 20 heavy (non-hydrogen) atoms. The molecule has 0 fully saturated rings. The second kappa shape index (κ2) is 5.06. The van der Waals surface area contributed by atoms with Crippen LogP contribution in [-0.2, 0) is 7.05 Å². The monoisotopic (exact) mass is 266 g/mol. The van der Waals surface area contributed by atoms with E-state index in [0.717, 1.165) is 22.4 Å². The van der Waals surface area contributed by atoms with Gasteiger partial charge in [0.1, 0.15) is 5.82 Å². The molecule has 0 amide bonds. The molecule has 0 saturated carbocycles. The average molecular weight is 266 g/mol. The molecule has 4 nitrogen and oxygen atoms in total. The Labute approximate surface area is 118 Å². The molecule has 3 aromatic rings. The summed E-state index contributed by atoms with van der Waals surface area (Å²) < 4.78 is 2.04. The summed E-state index contributed by atoms with van der Waals surface area (Å²) >= 11 is 0. The first-order valence-electron chi connectivity index (χ1n) is 6.71. The second-order valence-corrected chi connectivity index (χ2v) is 5.02. The summed E-state index contributed by atoms with van der Waals surface area (Å²) in [6.45, 7) is 2.01. The van der Waals surface area contributed by atoms with E-state index < -0.39 is 0 Å². The van der Waals surface area contributed by atoms with Gasteiger partial charge in [0, 0.05) is 30.5 Å². The molecule has 0 bridgehead atoms. The van der Waals surface area contributed by atoms with Crippen molar-refractivity contribution in [3.63, 3.8) is 0 Å². The predicted octanol–water partition coefficient (Wildman–Crippen LogP) is 2.59. The van der Waals surface area contributed by atoms with Crippen LogP contribution in [0.3, 0.4) is 0 Å². The van der Waals surface area contributed by atoms with Gasteiger partial charge in [0.15, 0.2) is 0 Å². The van der Waals surface area contributed by atoms with Crippen LogP contribution in [0.2, 0.25) is 0 Å². The molecule has 0 aliphatic rings. The predicted molar refractivity (Wildman–Crippen MR) is 80.6 cm³/mol. The fourth-order valence-corrected chi connectivity index (χ4v) is 2.53. The van der Waals surface area contributed by atoms with Gasteiger partial charge in [-0.25, -0.2) is 4.98 Å². The molecule has 0 saturated heterocycles. The third kappa shape index (κ3) is 2.18. The maximum atomic E-state index is 4.54. The van der Waals surface area contributed by atoms with E-state index in [1.807, 2.05) is 44.0 Å². The summed E-state index contributed by atoms with van der Waals surface area (Å²) in [4.78, 5) is 8.98. The number of hydrogen-bond donors (Lipinski definition) is 1. The number of hydrogen-bond acceptors (Lipinski definition) is 3. The molecule has 3 rings (SSSR count). The summed E-state index contributed by atoms with van der Waals surface area (Å²) in [6.07, 6.45) is 3.79. The first-order valence-corrected chi connectivity index (χ1v) is 6.71. The van der Waals surface area contributed by atoms with Crippen molar-refractivity contribution in [2.24, 2.45) is 7.05 Å². The highest BCUT2D eigenvalue weighted by Gasteiger charge is 2.16. The quantitative estimate of drug-likeness (QED) is 0.792. The van der Waals surface area contributed by atoms with Gasteiger partial charge in [-0.3, -0.25) is 4.98 Å². The van der Waals surface area contributed by atoms with Gasteiger partial charge in [0.05, 0.1) is 11.6 Å². The van der Waals surface area contributed by atoms with Crippen LogP contribution in [0.15, 0.2) is 42.7 Å². The first kappa shape index (κ1) is 12.8. The average Bonchev–Trinajstić information content (AvgIpc) is 2.86. The number of nitrogens with one attached hydrogen (secondary N) is 1. The van der Waals surface area contributed by atoms with Crippen molar-refractivity contribution in [2.75, 3.05) is 7.05 Å². The zero-order valence-corrected chi connectivity index (χ0v) is 12.0. The normalized spacial score (nSPS) is 12.8. The van der Waals surface area contributed by atoms with Gasteiger partial charge in [-0.15, -0.1) is 0 Å². The van der Waals surface area contributed by atoms with Crippen molar-refractivity contribution < 1.29 is 0 Å². The molecule has 1 aromatic carbocycles. The summed E-state index contributed by atoms with van der Waals surface area (Å²) in [6, 6.07) is 10.6. The molecule has 1 atom stereocenters. The van der Waals surface area contributed by atoms with E-state index in [9.17, 15) is 0 Å². The molecule has 0 aliphatic heterocycles. The van der Waals surface area contributed by atoms with E-state index in [1.54, 1.807) is 0 Å². The van der Waals surface area contributed by atoms with Crippen LogP contribution in [0, 0.1) is 6.92 Å². The lowest BCUT2D eigenvalue weighted by Gasteiger charge is -2.17. The Hall–Kier alpha value is -2.20. The van der Waals surface area contributed by atoms with E-state index in [4.69, 9.17) is 0 Å². The zero-order valence-electron chi connectivity index (χ0n) is 12.0. The first-order chi connectivity index (χ1) is 9.69. The topological polar surface area (TPSA) is 42.7 Å². The number of fused-ring (bicyclic) bond motifs is 1. The maximum absolute atomic E-state index is 4.54. The second-order valence-electron chi connectivity index (χ2n) is 5.02. The Morgan fingerprint density at radius 1 is 1.20 bits per heavy atom. The smallest absolute Gasteiger partial charge is 0.130 e. The fraction of sp³-hybridized carbons (Fsp3) is 0.250. The number of aryl methyl sites for hydroxylation is 2. The van der Waals surface area contributed by atoms with E-state index in [1.165, 1.54) is 5.56 Å². The lowest BCUT2D eigenvalue weighted by Crippen LogP contribution is -2.21. The number of benzene rings is 1. The Morgan fingerprint density at radius 2 is 2.05 bits per heavy atom. The minimum Gasteiger partial charge on any atom is -0.336 e. The van der Waals surface area contributed by atoms with Crippen LogP contribution in [0.25, 0.3) is 10.9 Å². The van der Waals surface area contributed by atoms with Gasteiger partial charge in [-0.2, -0.15) is 0 Å². The van der Waals surface area contributed by atoms with Crippen LogP contribution < -0.4 is 5.32 Å². The number of rotatable bonds is 3. The van der Waals surface area contributed by atoms with Crippen LogP contribution in [0.4, 0.5) is 0 Å². The highest BCUT2D eigenvalue weighted by atomic mass is 15.1. The van der Waals surface area contributed by atoms with Crippen molar-refractivity contribution in [3.05, 3.63) is 59.8 Å². The Morgan fingerprint density at radius 3 is 2.75 bits per heavy atom. The van der Waals surface area contributed by atoms with Crippen molar-refractivity contribution in [2.45, 2.75) is 13.0 Å². The number of nitrogens with zero attached hydrogens (tertiary/aromatic N) is 3. The lowest BCUT2D eigenvalue weighted by molar-refractivity contribution is 0.618. The summed E-state index contributed by atoms with van der Waals surface area (Å²) in [5.74, 6) is 1.01. The maximum Gasteiger partial charge on any atom is 0.130 e. The third-order valence-corrected chi connectivity index (χ3v) is 3.59. The van der Waals surface area contributed by atoms with E-state index in [0.29, 0.717) is 0 Å². The standard InChI is InChI=1S/C16H18N4/c1-11-4-5-12-10-13(6-7-14(12)19-11)15(17-2)16-18-8-9-20(16)3/h4-10,15,17H,1-3H3. The molecule has 1 N–H and O–H groups in total. The molecule has 102 valence electrons. The molecule has 2 heterocycles. The fourth-order valence-electron chi connectivity index (χ4n) is 2.53. The van der Waals surface area contributed by atoms with E-state index >= 15 is 0 Å². The number of pyridine rings is 1. The highest BCUT2D eigenvalue weighted by molar-refractivity contribution is 5.79. The Kier molecular flexibility index (Phi) is 3.24. The molecule has 1 unspecified atom stereocenters. The van der Waals surface area contributed by atoms with Crippen LogP contribution in [0.5, 0.6) is 0 Å². The van der Waals surface area contributed by atoms with Gasteiger partial charge in [-0.05, 0) is 37.7 Å². The minimum atomic E-state index is 0.0840. The van der Waals surface area contributed by atoms with Gasteiger partial charge >= 0.3 is 0 Å². The van der Waals surface area contributed by atoms with Gasteiger partial charge in [-0.1, -0.05) is 12.1 Å². The molecular weight excluding hydrogens is 248 g/mol. The van der Waals surface area contributed by atoms with Gasteiger partial charge in [0.2, 0.25) is 0 Å². The minimum absolute atomic E-state index is 0.0840. The van der Waals surface area contributed by atoms with Crippen LogP contribution >= 0.6 is 0 Å². The van der Waals surface area contributed by atoms with Gasteiger partial charge in [0.25, 0.3) is 0 Å². The van der Waals surface area contributed by atoms with Gasteiger partial charge < -0.3 is 9.88 Å². The molecule has 0 spiro atoms. The zero-order chi connectivity index (χ0) is 14.1. The van der Waals surface area contributed by atoms with Crippen LogP contribution in [0.1, 0.15) is 23.1 Å². The van der Waals surface area contributed by atoms with E-state index in [2.05, 4.69) is 39.6 Å². The Balaban J connectivity index is 2.08. The van der Waals surface area contributed by atoms with Crippen molar-refractivity contribution in [3.8, 4) is 0 Å². The summed E-state index contributed by atoms with van der Waals surface area (Å²) in [5.41, 5.74) is 3.27. The molecular formula is C16H18N4. The number of imidazole rings is 1. The molecule has 0 aliphatic carbocycles. The summed E-state index contributed by atoms with van der Waals surface area (Å²) in [7, 11) is 3.97. The van der Waals surface area contributed by atoms with Crippen molar-refractivity contribution in [1.82, 2.24) is 19.9 Å². The number of aromatic nitrogens is 3. The van der Waals surface area contributed by atoms with Crippen molar-refractivity contribution >= 4 is 10.9 Å².